The van der Waals surface area contributed by atoms with Gasteiger partial charge in [0.05, 0.1) is 24.2 Å². The standard InChI is InChI=1S/C7H8F2O4/c8-7(9,6(11)12)4-2(10)1-3-5(4)13-3/h2-5,10H,1H2,(H,11,12)/t2-,3-,4-,5+/m0/s1. The normalized spacial score (nSPS) is 43.0. The van der Waals surface area contributed by atoms with Crippen LogP contribution in [0, 0.1) is 5.92 Å². The molecule has 0 radical (unpaired) electrons. The van der Waals surface area contributed by atoms with Gasteiger partial charge in [0.15, 0.2) is 0 Å². The van der Waals surface area contributed by atoms with Crippen LogP contribution >= 0.6 is 0 Å². The molecule has 4 atom stereocenters. The second kappa shape index (κ2) is 2.39. The lowest BCUT2D eigenvalue weighted by atomic mass is 9.97. The minimum absolute atomic E-state index is 0.109. The molecule has 1 heterocycles. The highest BCUT2D eigenvalue weighted by Crippen LogP contribution is 2.49. The number of aliphatic carboxylic acids is 1. The second-order valence-electron chi connectivity index (χ2n) is 3.40. The number of carboxylic acids is 1. The van der Waals surface area contributed by atoms with Crippen LogP contribution in [0.4, 0.5) is 8.78 Å². The van der Waals surface area contributed by atoms with Crippen molar-refractivity contribution < 1.29 is 28.5 Å². The highest BCUT2D eigenvalue weighted by molar-refractivity contribution is 5.76. The maximum Gasteiger partial charge on any atom is 0.375 e. The van der Waals surface area contributed by atoms with E-state index in [1.807, 2.05) is 0 Å². The molecule has 0 aromatic carbocycles. The molecule has 2 N–H and O–H groups in total. The van der Waals surface area contributed by atoms with Crippen LogP contribution in [0.2, 0.25) is 0 Å². The molecule has 0 unspecified atom stereocenters. The summed E-state index contributed by atoms with van der Waals surface area (Å²) in [6.07, 6.45) is -2.31. The Labute approximate surface area is 72.1 Å². The van der Waals surface area contributed by atoms with E-state index in [9.17, 15) is 13.6 Å². The van der Waals surface area contributed by atoms with Crippen molar-refractivity contribution in [1.82, 2.24) is 0 Å². The van der Waals surface area contributed by atoms with Gasteiger partial charge in [0.1, 0.15) is 0 Å². The summed E-state index contributed by atoms with van der Waals surface area (Å²) in [5, 5.41) is 17.4. The molecule has 2 rings (SSSR count). The van der Waals surface area contributed by atoms with Crippen molar-refractivity contribution in [2.45, 2.75) is 30.7 Å². The highest BCUT2D eigenvalue weighted by Gasteiger charge is 2.66. The van der Waals surface area contributed by atoms with Crippen molar-refractivity contribution in [1.29, 1.82) is 0 Å². The maximum absolute atomic E-state index is 12.9. The van der Waals surface area contributed by atoms with Gasteiger partial charge in [-0.05, 0) is 0 Å². The number of alkyl halides is 2. The zero-order valence-electron chi connectivity index (χ0n) is 6.48. The average molecular weight is 194 g/mol. The summed E-state index contributed by atoms with van der Waals surface area (Å²) >= 11 is 0. The lowest BCUT2D eigenvalue weighted by Crippen LogP contribution is -2.44. The Hall–Kier alpha value is -0.750. The van der Waals surface area contributed by atoms with E-state index in [2.05, 4.69) is 0 Å². The summed E-state index contributed by atoms with van der Waals surface area (Å²) in [5.41, 5.74) is 0. The van der Waals surface area contributed by atoms with Crippen LogP contribution in [0.3, 0.4) is 0 Å². The molecular formula is C7H8F2O4. The van der Waals surface area contributed by atoms with Gasteiger partial charge >= 0.3 is 11.9 Å². The molecule has 74 valence electrons. The van der Waals surface area contributed by atoms with Gasteiger partial charge < -0.3 is 14.9 Å². The Balaban J connectivity index is 2.19. The number of fused-ring (bicyclic) bond motifs is 1. The quantitative estimate of drug-likeness (QED) is 0.600. The van der Waals surface area contributed by atoms with Crippen LogP contribution in [0.25, 0.3) is 0 Å². The molecule has 0 amide bonds. The van der Waals surface area contributed by atoms with E-state index in [4.69, 9.17) is 14.9 Å². The van der Waals surface area contributed by atoms with Crippen molar-refractivity contribution in [3.63, 3.8) is 0 Å². The first-order valence-corrected chi connectivity index (χ1v) is 3.89. The Morgan fingerprint density at radius 1 is 1.54 bits per heavy atom. The minimum Gasteiger partial charge on any atom is -0.477 e. The third kappa shape index (κ3) is 1.13. The van der Waals surface area contributed by atoms with E-state index in [0.29, 0.717) is 0 Å². The molecule has 0 aromatic heterocycles. The Kier molecular flexibility index (Phi) is 1.62. The number of halogens is 2. The number of aliphatic hydroxyl groups excluding tert-OH is 1. The number of carbonyl (C=O) groups is 1. The zero-order valence-corrected chi connectivity index (χ0v) is 6.48. The van der Waals surface area contributed by atoms with Crippen LogP contribution in [0.5, 0.6) is 0 Å². The summed E-state index contributed by atoms with van der Waals surface area (Å²) < 4.78 is 30.6. The monoisotopic (exact) mass is 194 g/mol. The van der Waals surface area contributed by atoms with Crippen LogP contribution < -0.4 is 0 Å². The molecule has 0 bridgehead atoms. The number of hydrogen-bond acceptors (Lipinski definition) is 3. The van der Waals surface area contributed by atoms with Gasteiger partial charge in [0.2, 0.25) is 0 Å². The number of epoxide rings is 1. The van der Waals surface area contributed by atoms with Crippen molar-refractivity contribution >= 4 is 5.97 Å². The Morgan fingerprint density at radius 3 is 2.54 bits per heavy atom. The Bertz CT molecular complexity index is 253. The first kappa shape index (κ1) is 8.83. The van der Waals surface area contributed by atoms with Gasteiger partial charge in [0, 0.05) is 6.42 Å². The van der Waals surface area contributed by atoms with E-state index in [1.54, 1.807) is 0 Å². The van der Waals surface area contributed by atoms with Crippen LogP contribution in [0.1, 0.15) is 6.42 Å². The number of carboxylic acid groups (broad SMARTS) is 1. The topological polar surface area (TPSA) is 70.1 Å². The fourth-order valence-electron chi connectivity index (χ4n) is 1.86. The maximum atomic E-state index is 12.9. The summed E-state index contributed by atoms with van der Waals surface area (Å²) in [6, 6.07) is 0. The van der Waals surface area contributed by atoms with E-state index in [0.717, 1.165) is 0 Å². The summed E-state index contributed by atoms with van der Waals surface area (Å²) in [6.45, 7) is 0. The molecule has 1 saturated heterocycles. The molecule has 1 aliphatic carbocycles. The summed E-state index contributed by atoms with van der Waals surface area (Å²) in [5.74, 6) is -7.68. The molecule has 6 heteroatoms. The predicted molar refractivity (Wildman–Crippen MR) is 35.4 cm³/mol. The molecule has 4 nitrogen and oxygen atoms in total. The minimum atomic E-state index is -3.89. The van der Waals surface area contributed by atoms with Gasteiger partial charge in [-0.1, -0.05) is 0 Å². The number of ether oxygens (including phenoxy) is 1. The number of aliphatic hydroxyl groups is 1. The van der Waals surface area contributed by atoms with E-state index in [-0.39, 0.29) is 12.5 Å². The first-order valence-electron chi connectivity index (χ1n) is 3.89. The molecule has 0 aromatic rings. The lowest BCUT2D eigenvalue weighted by Gasteiger charge is -2.22. The van der Waals surface area contributed by atoms with Gasteiger partial charge in [-0.3, -0.25) is 0 Å². The fourth-order valence-corrected chi connectivity index (χ4v) is 1.86. The summed E-state index contributed by atoms with van der Waals surface area (Å²) in [7, 11) is 0. The van der Waals surface area contributed by atoms with Crippen molar-refractivity contribution in [3.8, 4) is 0 Å². The smallest absolute Gasteiger partial charge is 0.375 e. The van der Waals surface area contributed by atoms with Crippen LogP contribution in [0.15, 0.2) is 0 Å². The third-order valence-corrected chi connectivity index (χ3v) is 2.57. The molecule has 0 spiro atoms. The van der Waals surface area contributed by atoms with Gasteiger partial charge in [-0.2, -0.15) is 8.78 Å². The van der Waals surface area contributed by atoms with E-state index < -0.39 is 30.0 Å². The summed E-state index contributed by atoms with van der Waals surface area (Å²) in [4.78, 5) is 10.2. The lowest BCUT2D eigenvalue weighted by molar-refractivity contribution is -0.182. The second-order valence-corrected chi connectivity index (χ2v) is 3.40. The molecule has 2 aliphatic rings. The van der Waals surface area contributed by atoms with Crippen LogP contribution in [-0.4, -0.2) is 40.4 Å². The van der Waals surface area contributed by atoms with E-state index in [1.165, 1.54) is 0 Å². The number of hydrogen-bond donors (Lipinski definition) is 2. The zero-order chi connectivity index (χ0) is 9.80. The van der Waals surface area contributed by atoms with Gasteiger partial charge in [-0.25, -0.2) is 4.79 Å². The molecule has 1 aliphatic heterocycles. The van der Waals surface area contributed by atoms with Crippen LogP contribution in [-0.2, 0) is 9.53 Å². The average Bonchev–Trinajstić information content (AvgIpc) is 2.61. The van der Waals surface area contributed by atoms with Crippen molar-refractivity contribution in [2.75, 3.05) is 0 Å². The molecular weight excluding hydrogens is 186 g/mol. The third-order valence-electron chi connectivity index (χ3n) is 2.57. The van der Waals surface area contributed by atoms with E-state index >= 15 is 0 Å². The van der Waals surface area contributed by atoms with Crippen molar-refractivity contribution in [2.24, 2.45) is 5.92 Å². The fraction of sp³-hybridized carbons (Fsp3) is 0.857. The largest absolute Gasteiger partial charge is 0.477 e. The SMILES string of the molecule is O=C(O)C(F)(F)[C@@H]1[C@@H]2O[C@H]2C[C@@H]1O. The Morgan fingerprint density at radius 2 is 2.15 bits per heavy atom. The highest BCUT2D eigenvalue weighted by atomic mass is 19.3. The van der Waals surface area contributed by atoms with Crippen molar-refractivity contribution in [3.05, 3.63) is 0 Å². The molecule has 1 saturated carbocycles. The molecule has 2 fully saturated rings. The predicted octanol–water partition coefficient (Wildman–Crippen LogP) is -0.146. The molecule has 13 heavy (non-hydrogen) atoms. The van der Waals surface area contributed by atoms with Gasteiger partial charge in [0.25, 0.3) is 0 Å². The number of rotatable bonds is 2. The first-order chi connectivity index (χ1) is 5.94. The van der Waals surface area contributed by atoms with Gasteiger partial charge in [-0.15, -0.1) is 0 Å².